The van der Waals surface area contributed by atoms with Gasteiger partial charge >= 0.3 is 0 Å². The molecule has 24 heavy (non-hydrogen) atoms. The van der Waals surface area contributed by atoms with Gasteiger partial charge in [0.25, 0.3) is 0 Å². The van der Waals surface area contributed by atoms with Gasteiger partial charge in [0.05, 0.1) is 6.61 Å². The highest BCUT2D eigenvalue weighted by Gasteiger charge is 2.14. The molecule has 0 heterocycles. The number of hydrogen-bond donors (Lipinski definition) is 1. The summed E-state index contributed by atoms with van der Waals surface area (Å²) in [6.45, 7) is 0.0520. The van der Waals surface area contributed by atoms with Gasteiger partial charge < -0.3 is 9.84 Å². The number of aliphatic hydroxyl groups excluding tert-OH is 1. The Hall–Kier alpha value is -1.20. The van der Waals surface area contributed by atoms with Gasteiger partial charge in [-0.3, -0.25) is 0 Å². The maximum absolute atomic E-state index is 9.34. The number of thioether (sulfide) groups is 2. The molecule has 2 aromatic carbocycles. The summed E-state index contributed by atoms with van der Waals surface area (Å²) >= 11 is 3.55. The van der Waals surface area contributed by atoms with Crippen LogP contribution in [0.15, 0.2) is 82.1 Å². The van der Waals surface area contributed by atoms with Crippen LogP contribution in [0.1, 0.15) is 12.8 Å². The highest BCUT2D eigenvalue weighted by molar-refractivity contribution is 8.00. The van der Waals surface area contributed by atoms with Gasteiger partial charge in [0, 0.05) is 16.9 Å². The van der Waals surface area contributed by atoms with Crippen molar-refractivity contribution in [1.82, 2.24) is 0 Å². The van der Waals surface area contributed by atoms with Gasteiger partial charge in [-0.05, 0) is 48.4 Å². The second kappa shape index (κ2) is 11.4. The molecule has 0 aliphatic rings. The molecule has 128 valence electrons. The standard InChI is InChI=1S/C20H24O2S2/c1-22-20(24-19-12-6-3-7-13-19)17(14-15-21)9-8-16-23-18-10-4-2-5-11-18/h2-7,10-14,20-21H,8-9,15-16H2,1H3/b17-14-. The molecule has 0 amide bonds. The predicted octanol–water partition coefficient (Wildman–Crippen LogP) is 5.24. The fraction of sp³-hybridized carbons (Fsp3) is 0.300. The summed E-state index contributed by atoms with van der Waals surface area (Å²) in [5, 5.41) is 9.34. The summed E-state index contributed by atoms with van der Waals surface area (Å²) < 4.78 is 5.66. The largest absolute Gasteiger partial charge is 0.392 e. The van der Waals surface area contributed by atoms with Crippen LogP contribution < -0.4 is 0 Å². The first-order chi connectivity index (χ1) is 11.8. The van der Waals surface area contributed by atoms with E-state index in [0.29, 0.717) is 0 Å². The van der Waals surface area contributed by atoms with Crippen molar-refractivity contribution < 1.29 is 9.84 Å². The number of hydrogen-bond acceptors (Lipinski definition) is 4. The molecule has 0 spiro atoms. The second-order valence-corrected chi connectivity index (χ2v) is 7.53. The van der Waals surface area contributed by atoms with E-state index in [2.05, 4.69) is 36.4 Å². The van der Waals surface area contributed by atoms with Gasteiger partial charge in [-0.1, -0.05) is 54.2 Å². The number of ether oxygens (including phenoxy) is 1. The first kappa shape index (κ1) is 19.1. The van der Waals surface area contributed by atoms with Crippen LogP contribution in [0.25, 0.3) is 0 Å². The minimum atomic E-state index is -0.0544. The molecule has 1 N–H and O–H groups in total. The summed E-state index contributed by atoms with van der Waals surface area (Å²) in [4.78, 5) is 2.47. The van der Waals surface area contributed by atoms with E-state index in [1.165, 1.54) is 9.79 Å². The second-order valence-electron chi connectivity index (χ2n) is 5.23. The summed E-state index contributed by atoms with van der Waals surface area (Å²) in [5.41, 5.74) is 1.10. The van der Waals surface area contributed by atoms with Gasteiger partial charge in [0.2, 0.25) is 0 Å². The molecule has 0 saturated carbocycles. The van der Waals surface area contributed by atoms with Crippen LogP contribution in [0.2, 0.25) is 0 Å². The van der Waals surface area contributed by atoms with E-state index >= 15 is 0 Å². The first-order valence-corrected chi connectivity index (χ1v) is 9.92. The minimum Gasteiger partial charge on any atom is -0.392 e. The molecule has 2 aromatic rings. The Bertz CT molecular complexity index is 600. The lowest BCUT2D eigenvalue weighted by Gasteiger charge is -2.19. The van der Waals surface area contributed by atoms with Crippen molar-refractivity contribution in [1.29, 1.82) is 0 Å². The van der Waals surface area contributed by atoms with Crippen LogP contribution >= 0.6 is 23.5 Å². The normalized spacial score (nSPS) is 13.0. The molecule has 1 atom stereocenters. The number of benzene rings is 2. The molecule has 0 aliphatic carbocycles. The van der Waals surface area contributed by atoms with Gasteiger partial charge in [0.1, 0.15) is 5.44 Å². The molecule has 0 saturated heterocycles. The van der Waals surface area contributed by atoms with Gasteiger partial charge in [-0.25, -0.2) is 0 Å². The average Bonchev–Trinajstić information content (AvgIpc) is 2.64. The van der Waals surface area contributed by atoms with E-state index in [-0.39, 0.29) is 12.0 Å². The predicted molar refractivity (Wildman–Crippen MR) is 105 cm³/mol. The zero-order chi connectivity index (χ0) is 17.0. The Labute approximate surface area is 153 Å². The number of aliphatic hydroxyl groups is 1. The Kier molecular flexibility index (Phi) is 9.06. The van der Waals surface area contributed by atoms with Gasteiger partial charge in [-0.15, -0.1) is 11.8 Å². The number of rotatable bonds is 10. The van der Waals surface area contributed by atoms with Crippen LogP contribution in [0.4, 0.5) is 0 Å². The Morgan fingerprint density at radius 2 is 1.67 bits per heavy atom. The quantitative estimate of drug-likeness (QED) is 0.271. The topological polar surface area (TPSA) is 29.5 Å². The summed E-state index contributed by atoms with van der Waals surface area (Å²) in [5.74, 6) is 1.05. The van der Waals surface area contributed by atoms with E-state index in [1.807, 2.05) is 42.1 Å². The zero-order valence-electron chi connectivity index (χ0n) is 13.9. The lowest BCUT2D eigenvalue weighted by Crippen LogP contribution is -2.10. The molecule has 0 radical (unpaired) electrons. The van der Waals surface area contributed by atoms with Crippen LogP contribution in [0.5, 0.6) is 0 Å². The monoisotopic (exact) mass is 360 g/mol. The van der Waals surface area contributed by atoms with E-state index < -0.39 is 0 Å². The molecule has 4 heteroatoms. The molecule has 1 unspecified atom stereocenters. The fourth-order valence-electron chi connectivity index (χ4n) is 2.31. The molecular formula is C20H24O2S2. The SMILES string of the molecule is COC(Sc1ccccc1)/C(=C\CO)CCCSc1ccccc1. The third kappa shape index (κ3) is 6.73. The molecule has 0 aromatic heterocycles. The summed E-state index contributed by atoms with van der Waals surface area (Å²) in [6, 6.07) is 20.7. The van der Waals surface area contributed by atoms with Crippen LogP contribution in [0.3, 0.4) is 0 Å². The first-order valence-electron chi connectivity index (χ1n) is 8.05. The van der Waals surface area contributed by atoms with Crippen LogP contribution in [-0.4, -0.2) is 30.0 Å². The van der Waals surface area contributed by atoms with Gasteiger partial charge in [-0.2, -0.15) is 0 Å². The van der Waals surface area contributed by atoms with E-state index in [9.17, 15) is 5.11 Å². The highest BCUT2D eigenvalue weighted by atomic mass is 32.2. The maximum atomic E-state index is 9.34. The van der Waals surface area contributed by atoms with E-state index in [0.717, 1.165) is 24.2 Å². The highest BCUT2D eigenvalue weighted by Crippen LogP contribution is 2.31. The van der Waals surface area contributed by atoms with Crippen molar-refractivity contribution in [3.63, 3.8) is 0 Å². The lowest BCUT2D eigenvalue weighted by atomic mass is 10.1. The van der Waals surface area contributed by atoms with Crippen LogP contribution in [0, 0.1) is 0 Å². The van der Waals surface area contributed by atoms with Crippen molar-refractivity contribution in [2.75, 3.05) is 19.5 Å². The summed E-state index contributed by atoms with van der Waals surface area (Å²) in [7, 11) is 1.73. The molecule has 0 aliphatic heterocycles. The Morgan fingerprint density at radius 1 is 1.04 bits per heavy atom. The van der Waals surface area contributed by atoms with Crippen molar-refractivity contribution >= 4 is 23.5 Å². The molecule has 0 bridgehead atoms. The third-order valence-electron chi connectivity index (χ3n) is 3.48. The van der Waals surface area contributed by atoms with Crippen molar-refractivity contribution in [3.05, 3.63) is 72.3 Å². The molecule has 0 fully saturated rings. The van der Waals surface area contributed by atoms with Crippen molar-refractivity contribution in [2.45, 2.75) is 28.1 Å². The Morgan fingerprint density at radius 3 is 2.25 bits per heavy atom. The summed E-state index contributed by atoms with van der Waals surface area (Å²) in [6.07, 6.45) is 3.87. The van der Waals surface area contributed by atoms with E-state index in [4.69, 9.17) is 4.74 Å². The third-order valence-corrected chi connectivity index (χ3v) is 5.83. The maximum Gasteiger partial charge on any atom is 0.128 e. The fourth-order valence-corrected chi connectivity index (χ4v) is 4.21. The van der Waals surface area contributed by atoms with Crippen LogP contribution in [-0.2, 0) is 4.74 Å². The number of methoxy groups -OCH3 is 1. The minimum absolute atomic E-state index is 0.0520. The molecule has 2 nitrogen and oxygen atoms in total. The average molecular weight is 361 g/mol. The van der Waals surface area contributed by atoms with Crippen molar-refractivity contribution in [2.24, 2.45) is 0 Å². The molecular weight excluding hydrogens is 336 g/mol. The Balaban J connectivity index is 1.86. The smallest absolute Gasteiger partial charge is 0.128 e. The zero-order valence-corrected chi connectivity index (χ0v) is 15.6. The van der Waals surface area contributed by atoms with E-state index in [1.54, 1.807) is 18.9 Å². The van der Waals surface area contributed by atoms with Crippen molar-refractivity contribution in [3.8, 4) is 0 Å². The van der Waals surface area contributed by atoms with Gasteiger partial charge in [0.15, 0.2) is 0 Å². The lowest BCUT2D eigenvalue weighted by molar-refractivity contribution is 0.194. The molecule has 2 rings (SSSR count).